The molecule has 0 bridgehead atoms. The molecule has 0 aliphatic carbocycles. The molecule has 1 N–H and O–H groups in total. The summed E-state index contributed by atoms with van der Waals surface area (Å²) in [5.74, 6) is 1.98. The maximum Gasteiger partial charge on any atom is 0.262 e. The molecule has 3 aromatic rings. The van der Waals surface area contributed by atoms with Crippen LogP contribution in [0.4, 0.5) is 11.4 Å². The van der Waals surface area contributed by atoms with Crippen LogP contribution in [0.2, 0.25) is 0 Å². The summed E-state index contributed by atoms with van der Waals surface area (Å²) in [5, 5.41) is 3.54. The zero-order chi connectivity index (χ0) is 21.4. The van der Waals surface area contributed by atoms with Crippen molar-refractivity contribution in [1.29, 1.82) is 0 Å². The second-order valence-corrected chi connectivity index (χ2v) is 7.80. The van der Waals surface area contributed by atoms with Gasteiger partial charge in [0.1, 0.15) is 25.1 Å². The second kappa shape index (κ2) is 7.87. The number of amides is 1. The number of hydrogen-bond acceptors (Lipinski definition) is 5. The van der Waals surface area contributed by atoms with Crippen LogP contribution in [0.1, 0.15) is 35.9 Å². The second-order valence-electron chi connectivity index (χ2n) is 7.80. The number of carbonyl (C=O) groups is 1. The summed E-state index contributed by atoms with van der Waals surface area (Å²) < 4.78 is 17.5. The first-order valence-electron chi connectivity index (χ1n) is 10.5. The Morgan fingerprint density at radius 1 is 0.968 bits per heavy atom. The molecule has 158 valence electrons. The van der Waals surface area contributed by atoms with E-state index in [-0.39, 0.29) is 12.0 Å². The first-order chi connectivity index (χ1) is 15.1. The van der Waals surface area contributed by atoms with Gasteiger partial charge in [0.2, 0.25) is 0 Å². The Morgan fingerprint density at radius 2 is 1.71 bits per heavy atom. The maximum atomic E-state index is 13.7. The third-order valence-corrected chi connectivity index (χ3v) is 5.31. The number of nitrogens with zero attached hydrogens (tertiary/aromatic N) is 1. The number of rotatable bonds is 4. The van der Waals surface area contributed by atoms with Gasteiger partial charge in [-0.3, -0.25) is 9.69 Å². The minimum absolute atomic E-state index is 0.00970. The summed E-state index contributed by atoms with van der Waals surface area (Å²) in [6.07, 6.45) is -0.435. The molecule has 1 atom stereocenters. The number of hydrogen-bond donors (Lipinski definition) is 1. The number of carbonyl (C=O) groups excluding carboxylic acids is 1. The molecule has 0 fully saturated rings. The van der Waals surface area contributed by atoms with E-state index in [4.69, 9.17) is 14.2 Å². The summed E-state index contributed by atoms with van der Waals surface area (Å²) in [6.45, 7) is 4.99. The van der Waals surface area contributed by atoms with Crippen molar-refractivity contribution in [2.75, 3.05) is 23.4 Å². The molecule has 0 saturated heterocycles. The molecule has 0 radical (unpaired) electrons. The highest BCUT2D eigenvalue weighted by atomic mass is 16.6. The van der Waals surface area contributed by atoms with Crippen LogP contribution in [-0.4, -0.2) is 25.2 Å². The Bertz CT molecular complexity index is 1130. The summed E-state index contributed by atoms with van der Waals surface area (Å²) in [7, 11) is 0. The van der Waals surface area contributed by atoms with Crippen LogP contribution in [0, 0.1) is 0 Å². The topological polar surface area (TPSA) is 60.0 Å². The largest absolute Gasteiger partial charge is 0.491 e. The van der Waals surface area contributed by atoms with Gasteiger partial charge in [0.15, 0.2) is 11.5 Å². The molecule has 0 unspecified atom stereocenters. The van der Waals surface area contributed by atoms with Crippen molar-refractivity contribution in [2.45, 2.75) is 26.1 Å². The van der Waals surface area contributed by atoms with E-state index in [0.29, 0.717) is 30.3 Å². The molecule has 31 heavy (non-hydrogen) atoms. The number of ether oxygens (including phenoxy) is 3. The number of benzene rings is 3. The van der Waals surface area contributed by atoms with Crippen molar-refractivity contribution < 1.29 is 19.0 Å². The fourth-order valence-corrected chi connectivity index (χ4v) is 3.99. The van der Waals surface area contributed by atoms with Crippen molar-refractivity contribution in [3.63, 3.8) is 0 Å². The molecule has 1 amide bonds. The Morgan fingerprint density at radius 3 is 2.55 bits per heavy atom. The molecule has 5 rings (SSSR count). The van der Waals surface area contributed by atoms with E-state index in [1.807, 2.05) is 80.6 Å². The number of nitrogens with one attached hydrogen (secondary N) is 1. The molecule has 6 heteroatoms. The quantitative estimate of drug-likeness (QED) is 0.647. The van der Waals surface area contributed by atoms with Gasteiger partial charge in [0.05, 0.1) is 17.4 Å². The molecule has 0 spiro atoms. The third-order valence-electron chi connectivity index (χ3n) is 5.31. The van der Waals surface area contributed by atoms with E-state index in [0.717, 1.165) is 22.7 Å². The molecular weight excluding hydrogens is 392 g/mol. The molecule has 2 heterocycles. The molecule has 3 aromatic carbocycles. The van der Waals surface area contributed by atoms with Crippen molar-refractivity contribution in [3.8, 4) is 17.2 Å². The van der Waals surface area contributed by atoms with Gasteiger partial charge in [-0.25, -0.2) is 0 Å². The standard InChI is InChI=1S/C25H24N2O4/c1-16(2)31-21-10-6-4-8-19(21)24-26-20-9-5-3-7-18(20)25(28)27(24)17-11-12-22-23(15-17)30-14-13-29-22/h3-12,15-16,24,26H,13-14H2,1-2H3/t24-/m1/s1. The zero-order valence-corrected chi connectivity index (χ0v) is 17.5. The molecule has 0 saturated carbocycles. The van der Waals surface area contributed by atoms with Crippen LogP contribution in [0.25, 0.3) is 0 Å². The normalized spacial score (nSPS) is 17.2. The van der Waals surface area contributed by atoms with E-state index in [1.165, 1.54) is 0 Å². The average molecular weight is 416 g/mol. The summed E-state index contributed by atoms with van der Waals surface area (Å²) in [5.41, 5.74) is 3.02. The predicted molar refractivity (Wildman–Crippen MR) is 119 cm³/mol. The lowest BCUT2D eigenvalue weighted by molar-refractivity contribution is 0.0974. The Balaban J connectivity index is 1.64. The van der Waals surface area contributed by atoms with Crippen LogP contribution in [0.5, 0.6) is 17.2 Å². The number of fused-ring (bicyclic) bond motifs is 2. The fourth-order valence-electron chi connectivity index (χ4n) is 3.99. The van der Waals surface area contributed by atoms with Crippen LogP contribution >= 0.6 is 0 Å². The van der Waals surface area contributed by atoms with E-state index in [9.17, 15) is 4.79 Å². The average Bonchev–Trinajstić information content (AvgIpc) is 2.79. The van der Waals surface area contributed by atoms with E-state index < -0.39 is 6.17 Å². The zero-order valence-electron chi connectivity index (χ0n) is 17.5. The monoisotopic (exact) mass is 416 g/mol. The molecule has 2 aliphatic heterocycles. The summed E-state index contributed by atoms with van der Waals surface area (Å²) in [4.78, 5) is 15.4. The Labute approximate surface area is 181 Å². The van der Waals surface area contributed by atoms with Gasteiger partial charge in [-0.15, -0.1) is 0 Å². The van der Waals surface area contributed by atoms with Gasteiger partial charge in [-0.2, -0.15) is 0 Å². The SMILES string of the molecule is CC(C)Oc1ccccc1[C@@H]1Nc2ccccc2C(=O)N1c1ccc2c(c1)OCCO2. The first kappa shape index (κ1) is 19.3. The third kappa shape index (κ3) is 3.54. The van der Waals surface area contributed by atoms with Crippen LogP contribution in [0.3, 0.4) is 0 Å². The van der Waals surface area contributed by atoms with Crippen LogP contribution < -0.4 is 24.4 Å². The van der Waals surface area contributed by atoms with Crippen molar-refractivity contribution in [3.05, 3.63) is 77.9 Å². The Hall–Kier alpha value is -3.67. The van der Waals surface area contributed by atoms with Crippen molar-refractivity contribution >= 4 is 17.3 Å². The van der Waals surface area contributed by atoms with Gasteiger partial charge >= 0.3 is 0 Å². The number of para-hydroxylation sites is 2. The molecule has 0 aromatic heterocycles. The van der Waals surface area contributed by atoms with E-state index in [1.54, 1.807) is 4.90 Å². The molecule has 2 aliphatic rings. The highest BCUT2D eigenvalue weighted by Crippen LogP contribution is 2.42. The van der Waals surface area contributed by atoms with Gasteiger partial charge in [-0.05, 0) is 44.2 Å². The summed E-state index contributed by atoms with van der Waals surface area (Å²) in [6, 6.07) is 21.0. The van der Waals surface area contributed by atoms with Crippen molar-refractivity contribution in [2.24, 2.45) is 0 Å². The van der Waals surface area contributed by atoms with Gasteiger partial charge in [0, 0.05) is 17.3 Å². The highest BCUT2D eigenvalue weighted by Gasteiger charge is 2.36. The van der Waals surface area contributed by atoms with Gasteiger partial charge < -0.3 is 19.5 Å². The highest BCUT2D eigenvalue weighted by molar-refractivity contribution is 6.12. The van der Waals surface area contributed by atoms with E-state index in [2.05, 4.69) is 5.32 Å². The lowest BCUT2D eigenvalue weighted by Gasteiger charge is -2.39. The minimum atomic E-state index is -0.445. The maximum absolute atomic E-state index is 13.7. The van der Waals surface area contributed by atoms with Gasteiger partial charge in [0.25, 0.3) is 5.91 Å². The fraction of sp³-hybridized carbons (Fsp3) is 0.240. The summed E-state index contributed by atoms with van der Waals surface area (Å²) >= 11 is 0. The lowest BCUT2D eigenvalue weighted by Crippen LogP contribution is -2.43. The predicted octanol–water partition coefficient (Wildman–Crippen LogP) is 5.02. The minimum Gasteiger partial charge on any atom is -0.491 e. The molecule has 6 nitrogen and oxygen atoms in total. The Kier molecular flexibility index (Phi) is 4.90. The smallest absolute Gasteiger partial charge is 0.262 e. The van der Waals surface area contributed by atoms with Crippen molar-refractivity contribution in [1.82, 2.24) is 0 Å². The van der Waals surface area contributed by atoms with Gasteiger partial charge in [-0.1, -0.05) is 30.3 Å². The number of anilines is 2. The van der Waals surface area contributed by atoms with Crippen LogP contribution in [0.15, 0.2) is 66.7 Å². The van der Waals surface area contributed by atoms with E-state index >= 15 is 0 Å². The van der Waals surface area contributed by atoms with Crippen LogP contribution in [-0.2, 0) is 0 Å². The molecular formula is C25H24N2O4. The lowest BCUT2D eigenvalue weighted by atomic mass is 10.0. The first-order valence-corrected chi connectivity index (χ1v) is 10.5.